The highest BCUT2D eigenvalue weighted by molar-refractivity contribution is 7.09. The van der Waals surface area contributed by atoms with Gasteiger partial charge in [-0.25, -0.2) is 9.78 Å². The molecule has 6 nitrogen and oxygen atoms in total. The minimum absolute atomic E-state index is 0.335. The van der Waals surface area contributed by atoms with Gasteiger partial charge in [-0.1, -0.05) is 33.8 Å². The molecule has 2 heterocycles. The number of hydrogen-bond donors (Lipinski definition) is 2. The van der Waals surface area contributed by atoms with Gasteiger partial charge >= 0.3 is 5.97 Å². The third-order valence-corrected chi connectivity index (χ3v) is 6.76. The third kappa shape index (κ3) is 5.57. The molecule has 0 unspecified atom stereocenters. The number of aromatic nitrogens is 2. The van der Waals surface area contributed by atoms with Crippen molar-refractivity contribution in [2.45, 2.75) is 71.9 Å². The molecule has 0 aliphatic heterocycles. The van der Waals surface area contributed by atoms with E-state index in [0.717, 1.165) is 42.5 Å². The Bertz CT molecular complexity index is 1050. The largest absolute Gasteiger partial charge is 0.480 e. The highest BCUT2D eigenvalue weighted by atomic mass is 32.1. The van der Waals surface area contributed by atoms with Crippen LogP contribution < -0.4 is 5.32 Å². The number of hydrogen-bond acceptors (Lipinski definition) is 4. The lowest BCUT2D eigenvalue weighted by Crippen LogP contribution is -2.40. The number of thiophene rings is 1. The number of amides is 1. The second kappa shape index (κ2) is 10.8. The van der Waals surface area contributed by atoms with Crippen LogP contribution in [0, 0.1) is 5.92 Å². The van der Waals surface area contributed by atoms with Gasteiger partial charge in [0.05, 0.1) is 11.0 Å². The van der Waals surface area contributed by atoms with E-state index in [-0.39, 0.29) is 5.91 Å². The molecule has 32 heavy (non-hydrogen) atoms. The molecule has 1 atom stereocenters. The minimum Gasteiger partial charge on any atom is -0.480 e. The predicted octanol–water partition coefficient (Wildman–Crippen LogP) is 5.67. The summed E-state index contributed by atoms with van der Waals surface area (Å²) < 4.78 is 2.30. The summed E-state index contributed by atoms with van der Waals surface area (Å²) in [6.45, 7) is 8.44. The zero-order valence-electron chi connectivity index (χ0n) is 19.3. The number of nitrogens with zero attached hydrogens (tertiary/aromatic N) is 2. The molecular formula is C25H33N3O3S. The lowest BCUT2D eigenvalue weighted by atomic mass is 10.0. The summed E-state index contributed by atoms with van der Waals surface area (Å²) in [6.07, 6.45) is 3.90. The fraction of sp³-hybridized carbons (Fsp3) is 0.480. The minimum atomic E-state index is -1.00. The van der Waals surface area contributed by atoms with E-state index >= 15 is 0 Å². The van der Waals surface area contributed by atoms with Gasteiger partial charge in [-0.05, 0) is 61.2 Å². The van der Waals surface area contributed by atoms with Gasteiger partial charge in [0, 0.05) is 22.9 Å². The third-order valence-electron chi connectivity index (χ3n) is 5.88. The van der Waals surface area contributed by atoms with Crippen LogP contribution in [0.5, 0.6) is 0 Å². The van der Waals surface area contributed by atoms with Gasteiger partial charge in [-0.3, -0.25) is 4.79 Å². The zero-order chi connectivity index (χ0) is 23.3. The van der Waals surface area contributed by atoms with Gasteiger partial charge in [-0.2, -0.15) is 0 Å². The number of carbonyl (C=O) groups excluding carboxylic acids is 1. The number of carbonyl (C=O) groups is 2. The molecule has 0 aliphatic carbocycles. The van der Waals surface area contributed by atoms with Crippen molar-refractivity contribution in [2.75, 3.05) is 0 Å². The Morgan fingerprint density at radius 1 is 1.16 bits per heavy atom. The topological polar surface area (TPSA) is 84.2 Å². The van der Waals surface area contributed by atoms with Crippen molar-refractivity contribution in [2.24, 2.45) is 5.92 Å². The molecule has 7 heteroatoms. The molecule has 1 aromatic carbocycles. The van der Waals surface area contributed by atoms with Crippen LogP contribution in [0.3, 0.4) is 0 Å². The van der Waals surface area contributed by atoms with Crippen molar-refractivity contribution in [1.29, 1.82) is 0 Å². The molecule has 3 aromatic rings. The first-order chi connectivity index (χ1) is 15.3. The number of imidazole rings is 1. The maximum Gasteiger partial charge on any atom is 0.326 e. The summed E-state index contributed by atoms with van der Waals surface area (Å²) in [5.41, 5.74) is 2.21. The lowest BCUT2D eigenvalue weighted by molar-refractivity contribution is -0.139. The fourth-order valence-corrected chi connectivity index (χ4v) is 4.75. The Labute approximate surface area is 193 Å². The molecule has 0 spiro atoms. The van der Waals surface area contributed by atoms with E-state index in [0.29, 0.717) is 23.9 Å². The number of benzene rings is 1. The number of carboxylic acids is 1. The van der Waals surface area contributed by atoms with E-state index in [2.05, 4.69) is 35.2 Å². The number of fused-ring (bicyclic) bond motifs is 1. The van der Waals surface area contributed by atoms with Gasteiger partial charge in [0.1, 0.15) is 11.9 Å². The second-order valence-corrected chi connectivity index (χ2v) is 9.70. The van der Waals surface area contributed by atoms with Crippen LogP contribution in [-0.4, -0.2) is 32.6 Å². The maximum atomic E-state index is 12.8. The van der Waals surface area contributed by atoms with Crippen molar-refractivity contribution in [3.63, 3.8) is 0 Å². The monoisotopic (exact) mass is 455 g/mol. The van der Waals surface area contributed by atoms with Crippen molar-refractivity contribution in [3.8, 4) is 0 Å². The van der Waals surface area contributed by atoms with E-state index in [1.54, 1.807) is 23.5 Å². The molecule has 3 rings (SSSR count). The summed E-state index contributed by atoms with van der Waals surface area (Å²) in [5.74, 6) is -0.00812. The van der Waals surface area contributed by atoms with Gasteiger partial charge in [0.25, 0.3) is 5.91 Å². The standard InChI is InChI=1S/C25H33N3O3S/c1-5-18(6-2)28-22-12-10-17(24(29)27-20(25(30)31)11-9-16(3)4)14-21(22)26-23(28)15-19-8-7-13-32-19/h7-8,10,12-14,16,18,20H,5-6,9,11,15H2,1-4H3,(H,27,29)(H,30,31)/t20-/m0/s1. The summed E-state index contributed by atoms with van der Waals surface area (Å²) in [5, 5.41) is 14.3. The average molecular weight is 456 g/mol. The van der Waals surface area contributed by atoms with E-state index in [1.807, 2.05) is 26.0 Å². The molecular weight excluding hydrogens is 422 g/mol. The Hall–Kier alpha value is -2.67. The first-order valence-electron chi connectivity index (χ1n) is 11.4. The van der Waals surface area contributed by atoms with E-state index < -0.39 is 12.0 Å². The summed E-state index contributed by atoms with van der Waals surface area (Å²) in [7, 11) is 0. The molecule has 0 saturated heterocycles. The number of aliphatic carboxylic acids is 1. The molecule has 1 amide bonds. The van der Waals surface area contributed by atoms with Crippen LogP contribution in [0.25, 0.3) is 11.0 Å². The van der Waals surface area contributed by atoms with Crippen LogP contribution >= 0.6 is 11.3 Å². The Morgan fingerprint density at radius 2 is 1.91 bits per heavy atom. The van der Waals surface area contributed by atoms with E-state index in [1.165, 1.54) is 4.88 Å². The van der Waals surface area contributed by atoms with Crippen molar-refractivity contribution in [1.82, 2.24) is 14.9 Å². The summed E-state index contributed by atoms with van der Waals surface area (Å²) >= 11 is 1.71. The molecule has 0 radical (unpaired) electrons. The van der Waals surface area contributed by atoms with Gasteiger partial charge < -0.3 is 15.0 Å². The molecule has 0 bridgehead atoms. The number of rotatable bonds is 11. The van der Waals surface area contributed by atoms with Crippen LogP contribution in [0.2, 0.25) is 0 Å². The van der Waals surface area contributed by atoms with Crippen molar-refractivity contribution >= 4 is 34.2 Å². The Morgan fingerprint density at radius 3 is 2.50 bits per heavy atom. The predicted molar refractivity (Wildman–Crippen MR) is 129 cm³/mol. The SMILES string of the molecule is CCC(CC)n1c(Cc2cccs2)nc2cc(C(=O)N[C@@H](CCC(C)C)C(=O)O)ccc21. The average Bonchev–Trinajstić information content (AvgIpc) is 3.39. The molecule has 2 N–H and O–H groups in total. The Kier molecular flexibility index (Phi) is 8.07. The molecule has 0 saturated carbocycles. The van der Waals surface area contributed by atoms with Gasteiger partial charge in [0.15, 0.2) is 0 Å². The van der Waals surface area contributed by atoms with Crippen LogP contribution in [-0.2, 0) is 11.2 Å². The lowest BCUT2D eigenvalue weighted by Gasteiger charge is -2.19. The van der Waals surface area contributed by atoms with E-state index in [4.69, 9.17) is 4.98 Å². The molecule has 172 valence electrons. The quantitative estimate of drug-likeness (QED) is 0.390. The zero-order valence-corrected chi connectivity index (χ0v) is 20.1. The van der Waals surface area contributed by atoms with Gasteiger partial charge in [0.2, 0.25) is 0 Å². The molecule has 0 fully saturated rings. The number of carboxylic acid groups (broad SMARTS) is 1. The maximum absolute atomic E-state index is 12.8. The van der Waals surface area contributed by atoms with Crippen LogP contribution in [0.1, 0.15) is 80.5 Å². The van der Waals surface area contributed by atoms with Crippen molar-refractivity contribution < 1.29 is 14.7 Å². The Balaban J connectivity index is 1.91. The molecule has 0 aliphatic rings. The number of nitrogens with one attached hydrogen (secondary N) is 1. The highest BCUT2D eigenvalue weighted by Gasteiger charge is 2.22. The summed E-state index contributed by atoms with van der Waals surface area (Å²) in [4.78, 5) is 30.6. The van der Waals surface area contributed by atoms with Gasteiger partial charge in [-0.15, -0.1) is 11.3 Å². The highest BCUT2D eigenvalue weighted by Crippen LogP contribution is 2.28. The summed E-state index contributed by atoms with van der Waals surface area (Å²) in [6, 6.07) is 9.10. The van der Waals surface area contributed by atoms with Crippen molar-refractivity contribution in [3.05, 3.63) is 52.0 Å². The first kappa shape index (κ1) is 24.0. The van der Waals surface area contributed by atoms with Crippen LogP contribution in [0.15, 0.2) is 35.7 Å². The normalized spacial score (nSPS) is 12.6. The van der Waals surface area contributed by atoms with E-state index in [9.17, 15) is 14.7 Å². The molecule has 2 aromatic heterocycles. The van der Waals surface area contributed by atoms with Crippen LogP contribution in [0.4, 0.5) is 0 Å². The second-order valence-electron chi connectivity index (χ2n) is 8.66. The fourth-order valence-electron chi connectivity index (χ4n) is 4.04. The smallest absolute Gasteiger partial charge is 0.326 e. The first-order valence-corrected chi connectivity index (χ1v) is 12.3.